The molecule has 8 heteroatoms. The van der Waals surface area contributed by atoms with Gasteiger partial charge in [-0.2, -0.15) is 0 Å². The number of amides is 2. The Morgan fingerprint density at radius 1 is 0.946 bits per heavy atom. The Kier molecular flexibility index (Phi) is 8.12. The molecule has 0 atom stereocenters. The highest BCUT2D eigenvalue weighted by Gasteiger charge is 2.52. The van der Waals surface area contributed by atoms with Gasteiger partial charge in [-0.1, -0.05) is 37.0 Å². The fourth-order valence-electron chi connectivity index (χ4n) is 7.26. The first-order valence-electron chi connectivity index (χ1n) is 14.2. The molecule has 0 bridgehead atoms. The number of piperidine rings is 1. The average Bonchev–Trinajstić information content (AvgIpc) is 3.10. The van der Waals surface area contributed by atoms with E-state index in [1.165, 1.54) is 25.7 Å². The fourth-order valence-corrected chi connectivity index (χ4v) is 7.58. The Morgan fingerprint density at radius 3 is 2.16 bits per heavy atom. The highest BCUT2D eigenvalue weighted by atomic mass is 35.5. The predicted molar refractivity (Wildman–Crippen MR) is 151 cm³/mol. The lowest BCUT2D eigenvalue weighted by Crippen LogP contribution is -2.53. The molecular formula is C29H42Cl2N4O2. The summed E-state index contributed by atoms with van der Waals surface area (Å²) in [5.74, 6) is 1.99. The molecule has 1 spiro atoms. The van der Waals surface area contributed by atoms with Crippen LogP contribution in [-0.2, 0) is 15.0 Å². The molecule has 1 aromatic rings. The van der Waals surface area contributed by atoms with Crippen LogP contribution in [0, 0.1) is 11.8 Å². The molecule has 3 fully saturated rings. The first-order valence-corrected chi connectivity index (χ1v) is 15.0. The van der Waals surface area contributed by atoms with E-state index in [0.29, 0.717) is 22.6 Å². The molecule has 5 rings (SSSR count). The fraction of sp³-hybridized carbons (Fsp3) is 0.724. The summed E-state index contributed by atoms with van der Waals surface area (Å²) in [5.41, 5.74) is 1.51. The van der Waals surface area contributed by atoms with E-state index in [0.717, 1.165) is 81.7 Å². The van der Waals surface area contributed by atoms with Crippen molar-refractivity contribution in [1.29, 1.82) is 0 Å². The van der Waals surface area contributed by atoms with Gasteiger partial charge >= 0.3 is 0 Å². The van der Waals surface area contributed by atoms with E-state index in [1.807, 2.05) is 21.9 Å². The van der Waals surface area contributed by atoms with Crippen LogP contribution >= 0.6 is 23.2 Å². The average molecular weight is 550 g/mol. The van der Waals surface area contributed by atoms with Gasteiger partial charge in [0.05, 0.1) is 15.5 Å². The second-order valence-electron chi connectivity index (χ2n) is 12.0. The van der Waals surface area contributed by atoms with E-state index in [2.05, 4.69) is 23.6 Å². The molecule has 0 radical (unpaired) electrons. The van der Waals surface area contributed by atoms with Crippen LogP contribution in [0.5, 0.6) is 0 Å². The summed E-state index contributed by atoms with van der Waals surface area (Å²) in [6.07, 6.45) is 6.90. The molecule has 1 saturated carbocycles. The standard InChI is InChI=1S/C29H42Cl2N4O2/c1-20(2)22-4-6-23(7-5-22)34-10-8-29(9-11-34)24-18-25(30)26(31)19-27(24)35(28(29)37)17-14-32-12-15-33(16-13-32)21(3)36/h18-20,22-23H,4-17H2,1-3H3/t22-,23+. The van der Waals surface area contributed by atoms with Crippen LogP contribution in [0.2, 0.25) is 10.0 Å². The summed E-state index contributed by atoms with van der Waals surface area (Å²) in [6, 6.07) is 4.52. The van der Waals surface area contributed by atoms with Gasteiger partial charge in [-0.3, -0.25) is 14.5 Å². The number of hydrogen-bond donors (Lipinski definition) is 0. The summed E-state index contributed by atoms with van der Waals surface area (Å²) in [4.78, 5) is 34.7. The van der Waals surface area contributed by atoms with Gasteiger partial charge in [-0.05, 0) is 81.1 Å². The molecule has 0 N–H and O–H groups in total. The summed E-state index contributed by atoms with van der Waals surface area (Å²) < 4.78 is 0. The minimum atomic E-state index is -0.497. The molecule has 4 aliphatic rings. The number of fused-ring (bicyclic) bond motifs is 2. The van der Waals surface area contributed by atoms with Crippen molar-refractivity contribution in [3.63, 3.8) is 0 Å². The van der Waals surface area contributed by atoms with Crippen molar-refractivity contribution in [2.75, 3.05) is 57.3 Å². The maximum Gasteiger partial charge on any atom is 0.237 e. The predicted octanol–water partition coefficient (Wildman–Crippen LogP) is 5.05. The first-order chi connectivity index (χ1) is 17.7. The Bertz CT molecular complexity index is 1010. The van der Waals surface area contributed by atoms with E-state index >= 15 is 0 Å². The third-order valence-corrected chi connectivity index (χ3v) is 10.5. The molecule has 6 nitrogen and oxygen atoms in total. The van der Waals surface area contributed by atoms with Crippen LogP contribution in [0.25, 0.3) is 0 Å². The molecular weight excluding hydrogens is 507 g/mol. The van der Waals surface area contributed by atoms with Gasteiger partial charge < -0.3 is 14.7 Å². The Balaban J connectivity index is 1.27. The van der Waals surface area contributed by atoms with Crippen molar-refractivity contribution < 1.29 is 9.59 Å². The van der Waals surface area contributed by atoms with Gasteiger partial charge in [0.2, 0.25) is 11.8 Å². The Hall–Kier alpha value is -1.34. The molecule has 204 valence electrons. The quantitative estimate of drug-likeness (QED) is 0.516. The zero-order chi connectivity index (χ0) is 26.3. The van der Waals surface area contributed by atoms with Gasteiger partial charge in [0.15, 0.2) is 0 Å². The lowest BCUT2D eigenvalue weighted by atomic mass is 9.72. The normalized spacial score (nSPS) is 26.8. The van der Waals surface area contributed by atoms with Crippen molar-refractivity contribution in [2.45, 2.75) is 70.8 Å². The summed E-state index contributed by atoms with van der Waals surface area (Å²) in [7, 11) is 0. The van der Waals surface area contributed by atoms with Crippen LogP contribution < -0.4 is 4.90 Å². The second kappa shape index (κ2) is 11.0. The molecule has 2 amide bonds. The third kappa shape index (κ3) is 5.28. The Labute approximate surface area is 232 Å². The van der Waals surface area contributed by atoms with Crippen LogP contribution in [0.3, 0.4) is 0 Å². The molecule has 2 saturated heterocycles. The van der Waals surface area contributed by atoms with Gasteiger partial charge in [-0.15, -0.1) is 0 Å². The number of carbonyl (C=O) groups excluding carboxylic acids is 2. The van der Waals surface area contributed by atoms with Gasteiger partial charge in [0, 0.05) is 57.9 Å². The summed E-state index contributed by atoms with van der Waals surface area (Å²) in [6.45, 7) is 12.9. The zero-order valence-electron chi connectivity index (χ0n) is 22.6. The minimum absolute atomic E-state index is 0.135. The third-order valence-electron chi connectivity index (χ3n) is 9.81. The lowest BCUT2D eigenvalue weighted by molar-refractivity contribution is -0.130. The first kappa shape index (κ1) is 27.2. The SMILES string of the molecule is CC(=O)N1CCN(CCN2C(=O)C3(CCN([C@H]4CC[C@@H](C(C)C)CC4)CC3)c3cc(Cl)c(Cl)cc32)CC1. The maximum atomic E-state index is 14.1. The highest BCUT2D eigenvalue weighted by molar-refractivity contribution is 6.42. The molecule has 3 heterocycles. The Morgan fingerprint density at radius 2 is 1.57 bits per heavy atom. The molecule has 0 aromatic heterocycles. The van der Waals surface area contributed by atoms with Crippen molar-refractivity contribution in [2.24, 2.45) is 11.8 Å². The molecule has 1 aromatic carbocycles. The van der Waals surface area contributed by atoms with Crippen LogP contribution in [-0.4, -0.2) is 84.9 Å². The van der Waals surface area contributed by atoms with E-state index in [4.69, 9.17) is 23.2 Å². The highest BCUT2D eigenvalue weighted by Crippen LogP contribution is 2.50. The van der Waals surface area contributed by atoms with Crippen molar-refractivity contribution in [1.82, 2.24) is 14.7 Å². The summed E-state index contributed by atoms with van der Waals surface area (Å²) >= 11 is 13.0. The van der Waals surface area contributed by atoms with Gasteiger partial charge in [0.1, 0.15) is 0 Å². The minimum Gasteiger partial charge on any atom is -0.340 e. The molecule has 1 aliphatic carbocycles. The number of nitrogens with zero attached hydrogens (tertiary/aromatic N) is 4. The van der Waals surface area contributed by atoms with Crippen molar-refractivity contribution in [3.05, 3.63) is 27.7 Å². The number of hydrogen-bond acceptors (Lipinski definition) is 4. The second-order valence-corrected chi connectivity index (χ2v) is 12.8. The van der Waals surface area contributed by atoms with Crippen LogP contribution in [0.1, 0.15) is 64.9 Å². The topological polar surface area (TPSA) is 47.1 Å². The van der Waals surface area contributed by atoms with Crippen LogP contribution in [0.15, 0.2) is 12.1 Å². The number of likely N-dealkylation sites (tertiary alicyclic amines) is 1. The molecule has 37 heavy (non-hydrogen) atoms. The maximum absolute atomic E-state index is 14.1. The summed E-state index contributed by atoms with van der Waals surface area (Å²) in [5, 5.41) is 1.04. The lowest BCUT2D eigenvalue weighted by Gasteiger charge is -2.44. The van der Waals surface area contributed by atoms with Crippen molar-refractivity contribution in [3.8, 4) is 0 Å². The number of carbonyl (C=O) groups is 2. The largest absolute Gasteiger partial charge is 0.340 e. The zero-order valence-corrected chi connectivity index (χ0v) is 24.2. The monoisotopic (exact) mass is 548 g/mol. The number of piperazine rings is 1. The van der Waals surface area contributed by atoms with E-state index < -0.39 is 5.41 Å². The van der Waals surface area contributed by atoms with Crippen LogP contribution in [0.4, 0.5) is 5.69 Å². The molecule has 0 unspecified atom stereocenters. The number of benzene rings is 1. The van der Waals surface area contributed by atoms with Gasteiger partial charge in [-0.25, -0.2) is 0 Å². The van der Waals surface area contributed by atoms with E-state index in [1.54, 1.807) is 6.92 Å². The number of anilines is 1. The molecule has 3 aliphatic heterocycles. The van der Waals surface area contributed by atoms with E-state index in [-0.39, 0.29) is 11.8 Å². The van der Waals surface area contributed by atoms with Gasteiger partial charge in [0.25, 0.3) is 0 Å². The number of rotatable bonds is 5. The van der Waals surface area contributed by atoms with E-state index in [9.17, 15) is 9.59 Å². The number of halogens is 2. The van der Waals surface area contributed by atoms with Crippen molar-refractivity contribution >= 4 is 40.7 Å². The smallest absolute Gasteiger partial charge is 0.237 e.